The first-order valence-electron chi connectivity index (χ1n) is 11.3. The molecule has 0 spiro atoms. The Morgan fingerprint density at radius 3 is 2.34 bits per heavy atom. The van der Waals surface area contributed by atoms with Crippen molar-refractivity contribution in [2.24, 2.45) is 17.3 Å². The predicted octanol–water partition coefficient (Wildman–Crippen LogP) is 4.58. The number of halogens is 2. The van der Waals surface area contributed by atoms with E-state index in [0.717, 1.165) is 37.7 Å². The first-order chi connectivity index (χ1) is 15.0. The van der Waals surface area contributed by atoms with Crippen molar-refractivity contribution in [3.8, 4) is 0 Å². The minimum Gasteiger partial charge on any atom is -0.452 e. The number of benzene rings is 1. The summed E-state index contributed by atoms with van der Waals surface area (Å²) in [5.41, 5.74) is -0.201. The zero-order valence-electron chi connectivity index (χ0n) is 18.7. The van der Waals surface area contributed by atoms with Crippen molar-refractivity contribution >= 4 is 41.0 Å². The number of hydrogen-bond acceptors (Lipinski definition) is 4. The zero-order valence-corrected chi connectivity index (χ0v) is 20.2. The van der Waals surface area contributed by atoms with Crippen LogP contribution in [0.1, 0.15) is 70.9 Å². The topological polar surface area (TPSA) is 84.5 Å². The van der Waals surface area contributed by atoms with E-state index in [-0.39, 0.29) is 29.4 Å². The first-order valence-corrected chi connectivity index (χ1v) is 12.0. The second-order valence-electron chi connectivity index (χ2n) is 10.1. The lowest BCUT2D eigenvalue weighted by molar-refractivity contribution is -0.182. The van der Waals surface area contributed by atoms with Gasteiger partial charge in [0.15, 0.2) is 6.10 Å². The Morgan fingerprint density at radius 1 is 1.09 bits per heavy atom. The molecule has 4 atom stereocenters. The summed E-state index contributed by atoms with van der Waals surface area (Å²) < 4.78 is 5.72. The van der Waals surface area contributed by atoms with Crippen LogP contribution in [0.2, 0.25) is 10.0 Å². The van der Waals surface area contributed by atoms with Gasteiger partial charge in [0.2, 0.25) is 5.91 Å². The van der Waals surface area contributed by atoms with E-state index < -0.39 is 11.5 Å². The first kappa shape index (κ1) is 23.4. The van der Waals surface area contributed by atoms with Crippen LogP contribution in [0, 0.1) is 17.3 Å². The lowest BCUT2D eigenvalue weighted by Gasteiger charge is -2.60. The van der Waals surface area contributed by atoms with Crippen LogP contribution in [0.15, 0.2) is 18.2 Å². The maximum atomic E-state index is 13.3. The maximum absolute atomic E-state index is 13.3. The molecule has 1 aromatic rings. The lowest BCUT2D eigenvalue weighted by Crippen LogP contribution is -2.65. The van der Waals surface area contributed by atoms with Crippen molar-refractivity contribution in [2.75, 3.05) is 0 Å². The standard InChI is InChI=1S/C24H30Cl2N2O4/c1-13(19-5-4-18(25)7-20(19)26)27-21(30)14(2)32-22(31)23-8-16-6-17(9-23)11-24(10-16,12-23)28-15(3)29/h4-5,7,13-14,16-17H,6,8-12H2,1-3H3,(H,27,30)(H,28,29)/t13-,14-,16+,17+,23?,24?/m1/s1. The summed E-state index contributed by atoms with van der Waals surface area (Å²) >= 11 is 12.2. The van der Waals surface area contributed by atoms with Gasteiger partial charge in [-0.25, -0.2) is 0 Å². The van der Waals surface area contributed by atoms with Gasteiger partial charge in [-0.1, -0.05) is 29.3 Å². The number of carbonyl (C=O) groups excluding carboxylic acids is 3. The minimum atomic E-state index is -0.930. The molecule has 0 aliphatic heterocycles. The van der Waals surface area contributed by atoms with Gasteiger partial charge in [-0.3, -0.25) is 14.4 Å². The van der Waals surface area contributed by atoms with E-state index in [1.54, 1.807) is 25.1 Å². The van der Waals surface area contributed by atoms with Crippen LogP contribution < -0.4 is 10.6 Å². The summed E-state index contributed by atoms with van der Waals surface area (Å²) in [7, 11) is 0. The van der Waals surface area contributed by atoms with Crippen molar-refractivity contribution in [2.45, 2.75) is 77.0 Å². The highest BCUT2D eigenvalue weighted by Crippen LogP contribution is 2.62. The second kappa shape index (κ2) is 8.53. The van der Waals surface area contributed by atoms with Gasteiger partial charge in [0.25, 0.3) is 5.91 Å². The van der Waals surface area contributed by atoms with Gasteiger partial charge < -0.3 is 15.4 Å². The second-order valence-corrected chi connectivity index (χ2v) is 11.0. The third-order valence-corrected chi connectivity index (χ3v) is 7.94. The summed E-state index contributed by atoms with van der Waals surface area (Å²) in [6, 6.07) is 4.74. The normalized spacial score (nSPS) is 32.2. The highest BCUT2D eigenvalue weighted by atomic mass is 35.5. The third-order valence-electron chi connectivity index (χ3n) is 7.38. The van der Waals surface area contributed by atoms with Gasteiger partial charge >= 0.3 is 5.97 Å². The van der Waals surface area contributed by atoms with E-state index in [9.17, 15) is 14.4 Å². The summed E-state index contributed by atoms with van der Waals surface area (Å²) in [6.07, 6.45) is 4.16. The van der Waals surface area contributed by atoms with Crippen LogP contribution in [-0.2, 0) is 19.1 Å². The molecule has 4 fully saturated rings. The summed E-state index contributed by atoms with van der Waals surface area (Å²) in [5.74, 6) is 0.0658. The number of hydrogen-bond donors (Lipinski definition) is 2. The van der Waals surface area contributed by atoms with Crippen LogP contribution >= 0.6 is 23.2 Å². The molecule has 8 heteroatoms. The molecule has 2 amide bonds. The molecular weight excluding hydrogens is 451 g/mol. The van der Waals surface area contributed by atoms with Gasteiger partial charge in [0, 0.05) is 22.5 Å². The fourth-order valence-electron chi connectivity index (χ4n) is 6.62. The Balaban J connectivity index is 1.42. The Kier molecular flexibility index (Phi) is 6.23. The van der Waals surface area contributed by atoms with Crippen molar-refractivity contribution < 1.29 is 19.1 Å². The molecule has 32 heavy (non-hydrogen) atoms. The number of nitrogens with one attached hydrogen (secondary N) is 2. The summed E-state index contributed by atoms with van der Waals surface area (Å²) in [4.78, 5) is 37.9. The SMILES string of the molecule is CC(=O)NC12C[C@H]3C[C@H](C1)CC(C(=O)O[C@H](C)C(=O)N[C@H](C)c1ccc(Cl)cc1Cl)(C3)C2. The fraction of sp³-hybridized carbons (Fsp3) is 0.625. The van der Waals surface area contributed by atoms with Gasteiger partial charge in [-0.2, -0.15) is 0 Å². The Bertz CT molecular complexity index is 936. The monoisotopic (exact) mass is 480 g/mol. The molecule has 0 unspecified atom stereocenters. The Labute approximate surface area is 198 Å². The van der Waals surface area contributed by atoms with Gasteiger partial charge in [0.1, 0.15) is 0 Å². The van der Waals surface area contributed by atoms with E-state index in [0.29, 0.717) is 28.3 Å². The van der Waals surface area contributed by atoms with E-state index in [2.05, 4.69) is 10.6 Å². The summed E-state index contributed by atoms with van der Waals surface area (Å²) in [6.45, 7) is 4.94. The van der Waals surface area contributed by atoms with Gasteiger partial charge in [0.05, 0.1) is 11.5 Å². The molecule has 4 aliphatic rings. The van der Waals surface area contributed by atoms with E-state index in [1.165, 1.54) is 6.92 Å². The van der Waals surface area contributed by atoms with Crippen molar-refractivity contribution in [3.05, 3.63) is 33.8 Å². The molecule has 4 aliphatic carbocycles. The largest absolute Gasteiger partial charge is 0.452 e. The highest BCUT2D eigenvalue weighted by molar-refractivity contribution is 6.35. The Hall–Kier alpha value is -1.79. The predicted molar refractivity (Wildman–Crippen MR) is 122 cm³/mol. The zero-order chi connectivity index (χ0) is 23.3. The number of rotatable bonds is 6. The third kappa shape index (κ3) is 4.49. The molecule has 2 N–H and O–H groups in total. The maximum Gasteiger partial charge on any atom is 0.312 e. The molecule has 1 aromatic carbocycles. The van der Waals surface area contributed by atoms with Gasteiger partial charge in [-0.15, -0.1) is 0 Å². The quantitative estimate of drug-likeness (QED) is 0.583. The smallest absolute Gasteiger partial charge is 0.312 e. The minimum absolute atomic E-state index is 0.0574. The molecule has 0 saturated heterocycles. The fourth-order valence-corrected chi connectivity index (χ4v) is 7.19. The number of carbonyl (C=O) groups is 3. The van der Waals surface area contributed by atoms with E-state index >= 15 is 0 Å². The molecular formula is C24H30Cl2N2O4. The lowest BCUT2D eigenvalue weighted by atomic mass is 9.47. The average Bonchev–Trinajstić information content (AvgIpc) is 2.65. The average molecular weight is 481 g/mol. The molecule has 6 nitrogen and oxygen atoms in total. The number of amides is 2. The molecule has 5 rings (SSSR count). The van der Waals surface area contributed by atoms with Crippen LogP contribution in [0.25, 0.3) is 0 Å². The molecule has 0 radical (unpaired) electrons. The molecule has 4 bridgehead atoms. The van der Waals surface area contributed by atoms with Crippen LogP contribution in [0.4, 0.5) is 0 Å². The number of esters is 1. The Morgan fingerprint density at radius 2 is 1.75 bits per heavy atom. The highest BCUT2D eigenvalue weighted by Gasteiger charge is 2.61. The van der Waals surface area contributed by atoms with Gasteiger partial charge in [-0.05, 0) is 81.9 Å². The van der Waals surface area contributed by atoms with E-state index in [4.69, 9.17) is 27.9 Å². The van der Waals surface area contributed by atoms with E-state index in [1.807, 2.05) is 6.92 Å². The van der Waals surface area contributed by atoms with Crippen molar-refractivity contribution in [1.29, 1.82) is 0 Å². The number of ether oxygens (including phenoxy) is 1. The van der Waals surface area contributed by atoms with Crippen LogP contribution in [-0.4, -0.2) is 29.4 Å². The van der Waals surface area contributed by atoms with Crippen molar-refractivity contribution in [1.82, 2.24) is 10.6 Å². The van der Waals surface area contributed by atoms with Crippen molar-refractivity contribution in [3.63, 3.8) is 0 Å². The molecule has 0 aromatic heterocycles. The van der Waals surface area contributed by atoms with Crippen LogP contribution in [0.5, 0.6) is 0 Å². The summed E-state index contributed by atoms with van der Waals surface area (Å²) in [5, 5.41) is 7.00. The molecule has 174 valence electrons. The van der Waals surface area contributed by atoms with Crippen LogP contribution in [0.3, 0.4) is 0 Å². The molecule has 4 saturated carbocycles. The molecule has 0 heterocycles.